The first-order valence-electron chi connectivity index (χ1n) is 7.56. The Morgan fingerprint density at radius 2 is 1.73 bits per heavy atom. The Labute approximate surface area is 161 Å². The van der Waals surface area contributed by atoms with Gasteiger partial charge in [-0.1, -0.05) is 0 Å². The molecule has 0 amide bonds. The van der Waals surface area contributed by atoms with Crippen LogP contribution in [0.4, 0.5) is 17.3 Å². The standard InChI is InChI=1S/C16H12IN7O2/c1-9-2-7-12(25-9)8-18-22-14-13(19-11-5-3-10(17)4-6-11)20-15-16(21-14)24-26-23-15/h2-8H,1H3,(H,19,20,23)(H,21,22,24)/b18-8+. The summed E-state index contributed by atoms with van der Waals surface area (Å²) in [6.45, 7) is 1.87. The Balaban J connectivity index is 1.62. The molecule has 130 valence electrons. The molecule has 4 aromatic rings. The molecule has 4 rings (SSSR count). The minimum Gasteiger partial charge on any atom is -0.460 e. The fourth-order valence-corrected chi connectivity index (χ4v) is 2.51. The summed E-state index contributed by atoms with van der Waals surface area (Å²) in [5, 5.41) is 14.8. The zero-order valence-corrected chi connectivity index (χ0v) is 15.6. The monoisotopic (exact) mass is 461 g/mol. The summed E-state index contributed by atoms with van der Waals surface area (Å²) in [5.41, 5.74) is 4.28. The average Bonchev–Trinajstić information content (AvgIpc) is 3.25. The van der Waals surface area contributed by atoms with Crippen molar-refractivity contribution in [2.24, 2.45) is 5.10 Å². The minimum atomic E-state index is 0.282. The van der Waals surface area contributed by atoms with Crippen LogP contribution in [0.1, 0.15) is 11.5 Å². The lowest BCUT2D eigenvalue weighted by atomic mass is 10.3. The predicted molar refractivity (Wildman–Crippen MR) is 104 cm³/mol. The van der Waals surface area contributed by atoms with Gasteiger partial charge >= 0.3 is 0 Å². The van der Waals surface area contributed by atoms with Crippen LogP contribution < -0.4 is 10.7 Å². The zero-order chi connectivity index (χ0) is 17.9. The number of nitrogens with one attached hydrogen (secondary N) is 2. The molecule has 0 saturated carbocycles. The fourth-order valence-electron chi connectivity index (χ4n) is 2.15. The number of anilines is 3. The molecule has 0 aliphatic rings. The first kappa shape index (κ1) is 16.4. The molecule has 9 nitrogen and oxygen atoms in total. The SMILES string of the molecule is Cc1ccc(/C=N/Nc2nc3nonc3nc2Nc2ccc(I)cc2)o1. The molecule has 0 aliphatic carbocycles. The van der Waals surface area contributed by atoms with Crippen LogP contribution in [-0.4, -0.2) is 26.5 Å². The van der Waals surface area contributed by atoms with Gasteiger partial charge < -0.3 is 9.73 Å². The van der Waals surface area contributed by atoms with Crippen LogP contribution in [0.3, 0.4) is 0 Å². The lowest BCUT2D eigenvalue weighted by Crippen LogP contribution is -2.03. The Bertz CT molecular complexity index is 1070. The van der Waals surface area contributed by atoms with Crippen molar-refractivity contribution in [3.63, 3.8) is 0 Å². The van der Waals surface area contributed by atoms with E-state index < -0.39 is 0 Å². The van der Waals surface area contributed by atoms with Gasteiger partial charge in [0.05, 0.1) is 6.21 Å². The van der Waals surface area contributed by atoms with Gasteiger partial charge in [-0.15, -0.1) is 0 Å². The Kier molecular flexibility index (Phi) is 4.48. The van der Waals surface area contributed by atoms with Gasteiger partial charge in [-0.05, 0) is 76.2 Å². The van der Waals surface area contributed by atoms with Gasteiger partial charge in [0, 0.05) is 9.26 Å². The highest BCUT2D eigenvalue weighted by Crippen LogP contribution is 2.24. The van der Waals surface area contributed by atoms with Gasteiger partial charge in [0.1, 0.15) is 11.5 Å². The first-order valence-corrected chi connectivity index (χ1v) is 8.64. The fraction of sp³-hybridized carbons (Fsp3) is 0.0625. The van der Waals surface area contributed by atoms with Crippen LogP contribution in [0.2, 0.25) is 0 Å². The number of aryl methyl sites for hydroxylation is 1. The van der Waals surface area contributed by atoms with Crippen molar-refractivity contribution in [3.8, 4) is 0 Å². The Morgan fingerprint density at radius 3 is 2.42 bits per heavy atom. The number of benzene rings is 1. The highest BCUT2D eigenvalue weighted by atomic mass is 127. The number of halogens is 1. The summed E-state index contributed by atoms with van der Waals surface area (Å²) in [7, 11) is 0. The van der Waals surface area contributed by atoms with Crippen LogP contribution in [0.5, 0.6) is 0 Å². The largest absolute Gasteiger partial charge is 0.460 e. The summed E-state index contributed by atoms with van der Waals surface area (Å²) >= 11 is 2.24. The molecule has 0 fully saturated rings. The smallest absolute Gasteiger partial charge is 0.245 e. The highest BCUT2D eigenvalue weighted by molar-refractivity contribution is 14.1. The minimum absolute atomic E-state index is 0.282. The van der Waals surface area contributed by atoms with Gasteiger partial charge in [-0.3, -0.25) is 5.43 Å². The highest BCUT2D eigenvalue weighted by Gasteiger charge is 2.12. The van der Waals surface area contributed by atoms with Crippen LogP contribution in [0, 0.1) is 10.5 Å². The number of furan rings is 1. The Morgan fingerprint density at radius 1 is 1.00 bits per heavy atom. The third-order valence-electron chi connectivity index (χ3n) is 3.34. The van der Waals surface area contributed by atoms with Gasteiger partial charge in [0.2, 0.25) is 11.3 Å². The maximum Gasteiger partial charge on any atom is 0.245 e. The molecule has 0 unspecified atom stereocenters. The second kappa shape index (κ2) is 7.07. The van der Waals surface area contributed by atoms with E-state index in [-0.39, 0.29) is 5.65 Å². The van der Waals surface area contributed by atoms with Gasteiger partial charge in [0.25, 0.3) is 0 Å². The molecule has 26 heavy (non-hydrogen) atoms. The lowest BCUT2D eigenvalue weighted by Gasteiger charge is -2.09. The topological polar surface area (TPSA) is 114 Å². The maximum absolute atomic E-state index is 5.44. The van der Waals surface area contributed by atoms with E-state index in [1.54, 1.807) is 6.21 Å². The first-order chi connectivity index (χ1) is 12.7. The van der Waals surface area contributed by atoms with Crippen LogP contribution in [0.15, 0.2) is 50.5 Å². The summed E-state index contributed by atoms with van der Waals surface area (Å²) in [5.74, 6) is 2.26. The van der Waals surface area contributed by atoms with Crippen LogP contribution >= 0.6 is 22.6 Å². The molecule has 0 saturated heterocycles. The van der Waals surface area contributed by atoms with E-state index in [1.807, 2.05) is 43.3 Å². The van der Waals surface area contributed by atoms with Crippen molar-refractivity contribution < 1.29 is 9.05 Å². The van der Waals surface area contributed by atoms with Crippen molar-refractivity contribution in [1.29, 1.82) is 0 Å². The molecular weight excluding hydrogens is 449 g/mol. The van der Waals surface area contributed by atoms with Crippen LogP contribution in [-0.2, 0) is 0 Å². The molecule has 0 atom stereocenters. The van der Waals surface area contributed by atoms with Gasteiger partial charge in [-0.2, -0.15) is 10.1 Å². The zero-order valence-electron chi connectivity index (χ0n) is 13.5. The number of hydrogen-bond donors (Lipinski definition) is 2. The van der Waals surface area contributed by atoms with E-state index >= 15 is 0 Å². The molecule has 0 radical (unpaired) electrons. The van der Waals surface area contributed by atoms with E-state index in [4.69, 9.17) is 4.42 Å². The molecule has 3 aromatic heterocycles. The third-order valence-corrected chi connectivity index (χ3v) is 4.06. The molecule has 2 N–H and O–H groups in total. The van der Waals surface area contributed by atoms with Crippen LogP contribution in [0.25, 0.3) is 11.3 Å². The average molecular weight is 461 g/mol. The number of nitrogens with zero attached hydrogens (tertiary/aromatic N) is 5. The molecule has 0 bridgehead atoms. The maximum atomic E-state index is 5.44. The number of rotatable bonds is 5. The second-order valence-electron chi connectivity index (χ2n) is 5.28. The molecule has 0 aliphatic heterocycles. The number of aromatic nitrogens is 4. The quantitative estimate of drug-likeness (QED) is 0.263. The number of fused-ring (bicyclic) bond motifs is 1. The van der Waals surface area contributed by atoms with Gasteiger partial charge in [0.15, 0.2) is 11.6 Å². The van der Waals surface area contributed by atoms with E-state index in [2.05, 4.69) is 63.3 Å². The second-order valence-corrected chi connectivity index (χ2v) is 6.53. The predicted octanol–water partition coefficient (Wildman–Crippen LogP) is 3.71. The van der Waals surface area contributed by atoms with Crippen molar-refractivity contribution in [3.05, 3.63) is 51.5 Å². The molecule has 1 aromatic carbocycles. The van der Waals surface area contributed by atoms with Crippen molar-refractivity contribution in [2.45, 2.75) is 6.92 Å². The summed E-state index contributed by atoms with van der Waals surface area (Å²) in [6.07, 6.45) is 1.55. The number of hydrazone groups is 1. The summed E-state index contributed by atoms with van der Waals surface area (Å²) in [6, 6.07) is 11.5. The van der Waals surface area contributed by atoms with E-state index in [0.29, 0.717) is 23.0 Å². The van der Waals surface area contributed by atoms with Gasteiger partial charge in [-0.25, -0.2) is 9.61 Å². The molecular formula is C16H12IN7O2. The molecule has 0 spiro atoms. The normalized spacial score (nSPS) is 11.3. The van der Waals surface area contributed by atoms with Crippen molar-refractivity contribution >= 4 is 57.4 Å². The summed E-state index contributed by atoms with van der Waals surface area (Å²) < 4.78 is 11.3. The van der Waals surface area contributed by atoms with E-state index in [1.165, 1.54) is 0 Å². The van der Waals surface area contributed by atoms with E-state index in [0.717, 1.165) is 15.0 Å². The third kappa shape index (κ3) is 3.64. The summed E-state index contributed by atoms with van der Waals surface area (Å²) in [4.78, 5) is 8.72. The number of hydrogen-bond acceptors (Lipinski definition) is 9. The Hall–Kier alpha value is -3.02. The van der Waals surface area contributed by atoms with Crippen molar-refractivity contribution in [2.75, 3.05) is 10.7 Å². The van der Waals surface area contributed by atoms with E-state index in [9.17, 15) is 0 Å². The lowest BCUT2D eigenvalue weighted by molar-refractivity contribution is 0.314. The molecule has 3 heterocycles. The molecule has 10 heteroatoms. The van der Waals surface area contributed by atoms with Crippen molar-refractivity contribution in [1.82, 2.24) is 20.3 Å².